The van der Waals surface area contributed by atoms with Gasteiger partial charge in [-0.3, -0.25) is 4.79 Å². The molecule has 0 aliphatic rings. The number of hydrogen-bond donors (Lipinski definition) is 0. The summed E-state index contributed by atoms with van der Waals surface area (Å²) in [5.41, 5.74) is 1.79. The van der Waals surface area contributed by atoms with E-state index in [2.05, 4.69) is 34.7 Å². The van der Waals surface area contributed by atoms with Crippen molar-refractivity contribution in [1.29, 1.82) is 0 Å². The van der Waals surface area contributed by atoms with E-state index in [-0.39, 0.29) is 0 Å². The number of unbranched alkanes of at least 4 members (excludes halogenated alkanes) is 1. The second kappa shape index (κ2) is 6.69. The van der Waals surface area contributed by atoms with Crippen molar-refractivity contribution in [2.24, 2.45) is 0 Å². The Morgan fingerprint density at radius 2 is 2.12 bits per heavy atom. The highest BCUT2D eigenvalue weighted by molar-refractivity contribution is 9.10. The summed E-state index contributed by atoms with van der Waals surface area (Å²) >= 11 is 3.45. The summed E-state index contributed by atoms with van der Waals surface area (Å²) in [5.74, 6) is 0. The molecule has 0 amide bonds. The summed E-state index contributed by atoms with van der Waals surface area (Å²) < 4.78 is 1.02. The molecule has 0 heterocycles. The Bertz CT molecular complexity index is 352. The molecule has 0 spiro atoms. The SMILES string of the molecule is CCCCN(CC)c1cc(Br)ccc1C=O. The zero-order valence-electron chi connectivity index (χ0n) is 9.87. The van der Waals surface area contributed by atoms with E-state index in [0.717, 1.165) is 41.5 Å². The average Bonchev–Trinajstić information content (AvgIpc) is 2.30. The first-order valence-electron chi connectivity index (χ1n) is 5.72. The topological polar surface area (TPSA) is 20.3 Å². The number of carbonyl (C=O) groups excluding carboxylic acids is 1. The van der Waals surface area contributed by atoms with Crippen molar-refractivity contribution in [1.82, 2.24) is 0 Å². The first-order chi connectivity index (χ1) is 7.72. The Balaban J connectivity index is 2.97. The van der Waals surface area contributed by atoms with Gasteiger partial charge in [0.1, 0.15) is 0 Å². The van der Waals surface area contributed by atoms with Crippen LogP contribution >= 0.6 is 15.9 Å². The predicted molar refractivity (Wildman–Crippen MR) is 72.3 cm³/mol. The van der Waals surface area contributed by atoms with Gasteiger partial charge in [-0.1, -0.05) is 29.3 Å². The molecule has 0 bridgehead atoms. The molecule has 0 atom stereocenters. The van der Waals surface area contributed by atoms with Gasteiger partial charge >= 0.3 is 0 Å². The summed E-state index contributed by atoms with van der Waals surface area (Å²) in [6.07, 6.45) is 3.25. The molecule has 0 aliphatic heterocycles. The van der Waals surface area contributed by atoms with Gasteiger partial charge in [-0.15, -0.1) is 0 Å². The van der Waals surface area contributed by atoms with Crippen LogP contribution in [0.2, 0.25) is 0 Å². The van der Waals surface area contributed by atoms with Gasteiger partial charge in [-0.25, -0.2) is 0 Å². The minimum absolute atomic E-state index is 0.765. The lowest BCUT2D eigenvalue weighted by molar-refractivity contribution is 0.112. The standard InChI is InChI=1S/C13H18BrNO/c1-3-5-8-15(4-2)13-9-12(14)7-6-11(13)10-16/h6-7,9-10H,3-5,8H2,1-2H3. The van der Waals surface area contributed by atoms with Crippen LogP contribution in [0.3, 0.4) is 0 Å². The lowest BCUT2D eigenvalue weighted by Gasteiger charge is -2.24. The van der Waals surface area contributed by atoms with Crippen molar-refractivity contribution in [2.45, 2.75) is 26.7 Å². The van der Waals surface area contributed by atoms with Crippen LogP contribution in [-0.2, 0) is 0 Å². The molecular formula is C13H18BrNO. The third kappa shape index (κ3) is 3.34. The largest absolute Gasteiger partial charge is 0.371 e. The Morgan fingerprint density at radius 1 is 1.38 bits per heavy atom. The third-order valence-corrected chi connectivity index (χ3v) is 3.12. The van der Waals surface area contributed by atoms with E-state index in [0.29, 0.717) is 0 Å². The van der Waals surface area contributed by atoms with Gasteiger partial charge in [0, 0.05) is 28.8 Å². The van der Waals surface area contributed by atoms with Gasteiger partial charge in [-0.05, 0) is 31.5 Å². The van der Waals surface area contributed by atoms with Crippen molar-refractivity contribution in [3.05, 3.63) is 28.2 Å². The molecule has 88 valence electrons. The van der Waals surface area contributed by atoms with Crippen LogP contribution in [0.4, 0.5) is 5.69 Å². The molecule has 0 saturated carbocycles. The molecule has 1 rings (SSSR count). The molecule has 0 unspecified atom stereocenters. The molecule has 2 nitrogen and oxygen atoms in total. The summed E-state index contributed by atoms with van der Waals surface area (Å²) in [4.78, 5) is 13.2. The van der Waals surface area contributed by atoms with E-state index < -0.39 is 0 Å². The van der Waals surface area contributed by atoms with Crippen LogP contribution in [0, 0.1) is 0 Å². The second-order valence-corrected chi connectivity index (χ2v) is 4.67. The fourth-order valence-electron chi connectivity index (χ4n) is 1.69. The Labute approximate surface area is 106 Å². The van der Waals surface area contributed by atoms with Gasteiger partial charge in [0.2, 0.25) is 0 Å². The summed E-state index contributed by atoms with van der Waals surface area (Å²) in [6, 6.07) is 5.78. The van der Waals surface area contributed by atoms with Crippen LogP contribution in [0.5, 0.6) is 0 Å². The Morgan fingerprint density at radius 3 is 2.69 bits per heavy atom. The van der Waals surface area contributed by atoms with Crippen molar-refractivity contribution < 1.29 is 4.79 Å². The number of hydrogen-bond acceptors (Lipinski definition) is 2. The quantitative estimate of drug-likeness (QED) is 0.739. The third-order valence-electron chi connectivity index (χ3n) is 2.62. The van der Waals surface area contributed by atoms with E-state index in [1.165, 1.54) is 6.42 Å². The van der Waals surface area contributed by atoms with Crippen LogP contribution in [-0.4, -0.2) is 19.4 Å². The fourth-order valence-corrected chi connectivity index (χ4v) is 2.04. The molecule has 1 aromatic carbocycles. The molecular weight excluding hydrogens is 266 g/mol. The van der Waals surface area contributed by atoms with E-state index in [4.69, 9.17) is 0 Å². The Hall–Kier alpha value is -0.830. The van der Waals surface area contributed by atoms with Gasteiger partial charge in [0.15, 0.2) is 6.29 Å². The normalized spacial score (nSPS) is 10.2. The maximum atomic E-state index is 11.0. The van der Waals surface area contributed by atoms with Gasteiger partial charge in [-0.2, -0.15) is 0 Å². The molecule has 16 heavy (non-hydrogen) atoms. The molecule has 3 heteroatoms. The van der Waals surface area contributed by atoms with E-state index in [1.54, 1.807) is 0 Å². The molecule has 0 aromatic heterocycles. The smallest absolute Gasteiger partial charge is 0.152 e. The maximum absolute atomic E-state index is 11.0. The highest BCUT2D eigenvalue weighted by Gasteiger charge is 2.09. The maximum Gasteiger partial charge on any atom is 0.152 e. The monoisotopic (exact) mass is 283 g/mol. The molecule has 0 N–H and O–H groups in total. The number of carbonyl (C=O) groups is 1. The summed E-state index contributed by atoms with van der Waals surface area (Å²) in [6.45, 7) is 6.22. The number of rotatable bonds is 6. The average molecular weight is 284 g/mol. The fraction of sp³-hybridized carbons (Fsp3) is 0.462. The van der Waals surface area contributed by atoms with Crippen LogP contribution < -0.4 is 4.90 Å². The number of benzene rings is 1. The minimum atomic E-state index is 0.765. The summed E-state index contributed by atoms with van der Waals surface area (Å²) in [5, 5.41) is 0. The zero-order chi connectivity index (χ0) is 12.0. The van der Waals surface area contributed by atoms with Crippen molar-refractivity contribution in [3.63, 3.8) is 0 Å². The van der Waals surface area contributed by atoms with E-state index in [1.807, 2.05) is 18.2 Å². The van der Waals surface area contributed by atoms with Crippen LogP contribution in [0.1, 0.15) is 37.0 Å². The highest BCUT2D eigenvalue weighted by atomic mass is 79.9. The number of nitrogens with zero attached hydrogens (tertiary/aromatic N) is 1. The summed E-state index contributed by atoms with van der Waals surface area (Å²) in [7, 11) is 0. The second-order valence-electron chi connectivity index (χ2n) is 3.75. The van der Waals surface area contributed by atoms with Crippen molar-refractivity contribution in [3.8, 4) is 0 Å². The van der Waals surface area contributed by atoms with Crippen LogP contribution in [0.15, 0.2) is 22.7 Å². The molecule has 0 fully saturated rings. The molecule has 1 aromatic rings. The van der Waals surface area contributed by atoms with Crippen LogP contribution in [0.25, 0.3) is 0 Å². The minimum Gasteiger partial charge on any atom is -0.371 e. The highest BCUT2D eigenvalue weighted by Crippen LogP contribution is 2.24. The predicted octanol–water partition coefficient (Wildman–Crippen LogP) is 3.89. The number of halogens is 1. The van der Waals surface area contributed by atoms with Gasteiger partial charge < -0.3 is 4.90 Å². The number of aldehydes is 1. The van der Waals surface area contributed by atoms with Crippen molar-refractivity contribution in [2.75, 3.05) is 18.0 Å². The first kappa shape index (κ1) is 13.2. The van der Waals surface area contributed by atoms with E-state index in [9.17, 15) is 4.79 Å². The lowest BCUT2D eigenvalue weighted by Crippen LogP contribution is -2.24. The lowest BCUT2D eigenvalue weighted by atomic mass is 10.1. The molecule has 0 saturated heterocycles. The Kier molecular flexibility index (Phi) is 5.53. The van der Waals surface area contributed by atoms with E-state index >= 15 is 0 Å². The molecule has 0 radical (unpaired) electrons. The van der Waals surface area contributed by atoms with Gasteiger partial charge in [0.05, 0.1) is 0 Å². The first-order valence-corrected chi connectivity index (χ1v) is 6.51. The van der Waals surface area contributed by atoms with Crippen molar-refractivity contribution >= 4 is 27.9 Å². The zero-order valence-corrected chi connectivity index (χ0v) is 11.5. The number of anilines is 1. The van der Waals surface area contributed by atoms with Gasteiger partial charge in [0.25, 0.3) is 0 Å². The molecule has 0 aliphatic carbocycles.